The number of carbonyl (C=O) groups excluding carboxylic acids is 1. The summed E-state index contributed by atoms with van der Waals surface area (Å²) >= 11 is 0. The Kier molecular flexibility index (Phi) is 5.61. The third kappa shape index (κ3) is 4.05. The lowest BCUT2D eigenvalue weighted by atomic mass is 10.2. The van der Waals surface area contributed by atoms with Crippen LogP contribution in [-0.4, -0.2) is 46.8 Å². The second kappa shape index (κ2) is 8.90. The molecule has 9 nitrogen and oxygen atoms in total. The molecule has 3 aromatic heterocycles. The number of benzene rings is 2. The summed E-state index contributed by atoms with van der Waals surface area (Å²) in [6, 6.07) is 14.0. The number of nitrogens with zero attached hydrogens (tertiary/aromatic N) is 6. The van der Waals surface area contributed by atoms with E-state index in [2.05, 4.69) is 16.5 Å². The van der Waals surface area contributed by atoms with Crippen LogP contribution in [0.1, 0.15) is 5.56 Å². The minimum atomic E-state index is -0.745. The molecule has 5 aromatic rings. The first kappa shape index (κ1) is 22.1. The predicted octanol–water partition coefficient (Wildman–Crippen LogP) is 3.41. The Bertz CT molecular complexity index is 1560. The van der Waals surface area contributed by atoms with Crippen LogP contribution in [0.3, 0.4) is 0 Å². The SMILES string of the molecule is C=CC(=O)N(CCn1nc(-n2ccc3cc(O)c(F)cc32)c2c(N)ncnc21)Cc1ccccc1. The fraction of sp³-hybridized carbons (Fsp3) is 0.120. The summed E-state index contributed by atoms with van der Waals surface area (Å²) in [6.45, 7) is 4.70. The lowest BCUT2D eigenvalue weighted by molar-refractivity contribution is -0.126. The van der Waals surface area contributed by atoms with Crippen LogP contribution in [0.4, 0.5) is 10.2 Å². The molecule has 2 aromatic carbocycles. The highest BCUT2D eigenvalue weighted by Gasteiger charge is 2.20. The lowest BCUT2D eigenvalue weighted by Gasteiger charge is -2.21. The van der Waals surface area contributed by atoms with Crippen LogP contribution in [0.5, 0.6) is 5.75 Å². The number of fused-ring (bicyclic) bond motifs is 2. The van der Waals surface area contributed by atoms with Crippen LogP contribution >= 0.6 is 0 Å². The lowest BCUT2D eigenvalue weighted by Crippen LogP contribution is -2.32. The molecular formula is C25H22FN7O2. The molecule has 0 unspecified atom stereocenters. The molecule has 0 atom stereocenters. The van der Waals surface area contributed by atoms with Crippen molar-refractivity contribution in [3.05, 3.63) is 85.1 Å². The number of rotatable bonds is 7. The van der Waals surface area contributed by atoms with Crippen LogP contribution < -0.4 is 5.73 Å². The number of phenols is 1. The monoisotopic (exact) mass is 471 g/mol. The van der Waals surface area contributed by atoms with Crippen LogP contribution in [0.25, 0.3) is 27.8 Å². The van der Waals surface area contributed by atoms with E-state index in [-0.39, 0.29) is 11.7 Å². The number of anilines is 1. The molecule has 0 saturated heterocycles. The smallest absolute Gasteiger partial charge is 0.246 e. The highest BCUT2D eigenvalue weighted by atomic mass is 19.1. The summed E-state index contributed by atoms with van der Waals surface area (Å²) in [4.78, 5) is 22.7. The standard InChI is InChI=1S/C25H22FN7O2/c1-2-21(35)31(14-16-6-4-3-5-7-16)10-11-33-24-22(23(27)28-15-29-24)25(30-33)32-9-8-17-12-20(34)18(26)13-19(17)32/h2-9,12-13,15,34H,1,10-11,14H2,(H2,27,28,29). The van der Waals surface area contributed by atoms with Gasteiger partial charge in [0.2, 0.25) is 5.91 Å². The maximum atomic E-state index is 14.1. The Morgan fingerprint density at radius 3 is 2.77 bits per heavy atom. The first-order valence-electron chi connectivity index (χ1n) is 10.9. The molecule has 0 radical (unpaired) electrons. The first-order chi connectivity index (χ1) is 17.0. The average molecular weight is 471 g/mol. The van der Waals surface area contributed by atoms with Crippen LogP contribution in [0.15, 0.2) is 73.7 Å². The largest absolute Gasteiger partial charge is 0.505 e. The molecule has 0 aliphatic rings. The summed E-state index contributed by atoms with van der Waals surface area (Å²) < 4.78 is 17.5. The number of carbonyl (C=O) groups is 1. The van der Waals surface area contributed by atoms with E-state index in [0.29, 0.717) is 47.4 Å². The Labute approximate surface area is 199 Å². The van der Waals surface area contributed by atoms with E-state index in [1.165, 1.54) is 24.5 Å². The van der Waals surface area contributed by atoms with Crippen molar-refractivity contribution in [1.29, 1.82) is 0 Å². The van der Waals surface area contributed by atoms with Crippen molar-refractivity contribution in [2.24, 2.45) is 0 Å². The highest BCUT2D eigenvalue weighted by molar-refractivity contribution is 5.95. The maximum absolute atomic E-state index is 14.1. The van der Waals surface area contributed by atoms with E-state index in [4.69, 9.17) is 10.8 Å². The number of halogens is 1. The minimum absolute atomic E-state index is 0.202. The van der Waals surface area contributed by atoms with Crippen LogP contribution in [-0.2, 0) is 17.9 Å². The van der Waals surface area contributed by atoms with Crippen molar-refractivity contribution in [3.63, 3.8) is 0 Å². The van der Waals surface area contributed by atoms with Crippen molar-refractivity contribution in [1.82, 2.24) is 29.2 Å². The number of nitrogen functional groups attached to an aromatic ring is 1. The fourth-order valence-electron chi connectivity index (χ4n) is 4.08. The molecule has 10 heteroatoms. The third-order valence-corrected chi connectivity index (χ3v) is 5.81. The predicted molar refractivity (Wildman–Crippen MR) is 130 cm³/mol. The fourth-order valence-corrected chi connectivity index (χ4v) is 4.08. The Balaban J connectivity index is 1.54. The molecule has 0 saturated carbocycles. The molecule has 0 fully saturated rings. The van der Waals surface area contributed by atoms with Crippen molar-refractivity contribution >= 4 is 33.7 Å². The average Bonchev–Trinajstić information content (AvgIpc) is 3.44. The molecule has 176 valence electrons. The van der Waals surface area contributed by atoms with E-state index in [1.54, 1.807) is 26.4 Å². The Morgan fingerprint density at radius 2 is 2.00 bits per heavy atom. The number of hydrogen-bond donors (Lipinski definition) is 2. The van der Waals surface area contributed by atoms with Gasteiger partial charge in [0.15, 0.2) is 23.0 Å². The van der Waals surface area contributed by atoms with Gasteiger partial charge >= 0.3 is 0 Å². The van der Waals surface area contributed by atoms with Gasteiger partial charge in [0, 0.05) is 30.7 Å². The van der Waals surface area contributed by atoms with Gasteiger partial charge in [-0.15, -0.1) is 0 Å². The number of phenolic OH excluding ortho intramolecular Hbond substituents is 1. The molecule has 0 spiro atoms. The molecule has 35 heavy (non-hydrogen) atoms. The molecule has 0 bridgehead atoms. The summed E-state index contributed by atoms with van der Waals surface area (Å²) in [6.07, 6.45) is 4.35. The van der Waals surface area contributed by atoms with Crippen LogP contribution in [0.2, 0.25) is 0 Å². The van der Waals surface area contributed by atoms with Crippen molar-refractivity contribution < 1.29 is 14.3 Å². The van der Waals surface area contributed by atoms with Gasteiger partial charge in [-0.2, -0.15) is 5.10 Å². The van der Waals surface area contributed by atoms with Gasteiger partial charge in [-0.1, -0.05) is 36.9 Å². The zero-order valence-electron chi connectivity index (χ0n) is 18.7. The quantitative estimate of drug-likeness (QED) is 0.352. The molecule has 0 aliphatic heterocycles. The van der Waals surface area contributed by atoms with Crippen molar-refractivity contribution in [3.8, 4) is 11.6 Å². The van der Waals surface area contributed by atoms with Gasteiger partial charge in [0.25, 0.3) is 0 Å². The normalized spacial score (nSPS) is 11.2. The summed E-state index contributed by atoms with van der Waals surface area (Å²) in [5.74, 6) is -0.737. The van der Waals surface area contributed by atoms with Gasteiger partial charge in [0.1, 0.15) is 17.5 Å². The zero-order valence-corrected chi connectivity index (χ0v) is 18.7. The number of amides is 1. The molecule has 5 rings (SSSR count). The van der Waals surface area contributed by atoms with Crippen molar-refractivity contribution in [2.75, 3.05) is 12.3 Å². The zero-order chi connectivity index (χ0) is 24.5. The third-order valence-electron chi connectivity index (χ3n) is 5.81. The highest BCUT2D eigenvalue weighted by Crippen LogP contribution is 2.30. The molecular weight excluding hydrogens is 449 g/mol. The second-order valence-electron chi connectivity index (χ2n) is 8.00. The summed E-state index contributed by atoms with van der Waals surface area (Å²) in [5.41, 5.74) is 8.17. The van der Waals surface area contributed by atoms with E-state index in [1.807, 2.05) is 30.3 Å². The summed E-state index contributed by atoms with van der Waals surface area (Å²) in [5, 5.41) is 15.6. The Morgan fingerprint density at radius 1 is 1.20 bits per heavy atom. The summed E-state index contributed by atoms with van der Waals surface area (Å²) in [7, 11) is 0. The second-order valence-corrected chi connectivity index (χ2v) is 8.00. The van der Waals surface area contributed by atoms with Gasteiger partial charge in [-0.05, 0) is 23.8 Å². The van der Waals surface area contributed by atoms with Gasteiger partial charge < -0.3 is 15.7 Å². The van der Waals surface area contributed by atoms with Gasteiger partial charge in [-0.3, -0.25) is 9.36 Å². The maximum Gasteiger partial charge on any atom is 0.246 e. The van der Waals surface area contributed by atoms with Gasteiger partial charge in [-0.25, -0.2) is 19.0 Å². The molecule has 3 N–H and O–H groups in total. The topological polar surface area (TPSA) is 115 Å². The van der Waals surface area contributed by atoms with E-state index in [9.17, 15) is 14.3 Å². The molecule has 3 heterocycles. The van der Waals surface area contributed by atoms with Crippen molar-refractivity contribution in [2.45, 2.75) is 13.1 Å². The van der Waals surface area contributed by atoms with Crippen LogP contribution in [0, 0.1) is 5.82 Å². The van der Waals surface area contributed by atoms with E-state index < -0.39 is 11.6 Å². The number of aromatic hydroxyl groups is 1. The first-order valence-corrected chi connectivity index (χ1v) is 10.9. The minimum Gasteiger partial charge on any atom is -0.505 e. The Hall–Kier alpha value is -4.73. The van der Waals surface area contributed by atoms with E-state index >= 15 is 0 Å². The van der Waals surface area contributed by atoms with Gasteiger partial charge in [0.05, 0.1) is 12.1 Å². The molecule has 1 amide bonds. The number of nitrogens with two attached hydrogens (primary N) is 1. The number of aromatic nitrogens is 5. The van der Waals surface area contributed by atoms with E-state index in [0.717, 1.165) is 5.56 Å². The number of hydrogen-bond acceptors (Lipinski definition) is 6. The molecule has 0 aliphatic carbocycles.